The van der Waals surface area contributed by atoms with Crippen LogP contribution in [0.5, 0.6) is 0 Å². The number of Topliss-reactive ketones (excluding diaryl/α,β-unsaturated/α-hetero) is 2. The Morgan fingerprint density at radius 1 is 0.376 bits per heavy atom. The van der Waals surface area contributed by atoms with Crippen LogP contribution in [0.2, 0.25) is 0 Å². The summed E-state index contributed by atoms with van der Waals surface area (Å²) >= 11 is 0. The van der Waals surface area contributed by atoms with Gasteiger partial charge in [0.2, 0.25) is 11.8 Å². The highest BCUT2D eigenvalue weighted by Gasteiger charge is 2.46. The van der Waals surface area contributed by atoms with Gasteiger partial charge < -0.3 is 69.8 Å². The van der Waals surface area contributed by atoms with Crippen molar-refractivity contribution in [1.29, 1.82) is 0 Å². The number of piperidine rings is 10. The van der Waals surface area contributed by atoms with Crippen LogP contribution in [0.1, 0.15) is 315 Å². The van der Waals surface area contributed by atoms with Crippen molar-refractivity contribution in [2.45, 2.75) is 328 Å². The molecule has 12 aliphatic heterocycles. The number of carbonyl (C=O) groups excluding carboxylic acids is 4. The Kier molecular flexibility index (Phi) is 64.3. The van der Waals surface area contributed by atoms with Crippen molar-refractivity contribution >= 4 is 46.7 Å². The van der Waals surface area contributed by atoms with Gasteiger partial charge in [0.05, 0.1) is 24.0 Å². The molecule has 10 saturated heterocycles. The Morgan fingerprint density at radius 3 is 1.10 bits per heavy atom. The summed E-state index contributed by atoms with van der Waals surface area (Å²) in [7, 11) is 22.4. The predicted molar refractivity (Wildman–Crippen MR) is 541 cm³/mol. The Balaban J connectivity index is -0.000000201. The highest BCUT2D eigenvalue weighted by atomic mass is 16.4. The standard InChI is InChI=1S/C10H17N3O.C10H19NO2.C10H21N.C9H15N3O.C9H17NO2.C9H19NO.C9H17NO.C9H19N.C8H17NO.C8H15NO.10CH4/c1-10-6-9(14)13(3)11-8(10)4-5-12(2)7-10;1-8-4-5-11(3)7-10(8,2)6-9(12)13;1-5-10(3)8-11(4)7-6-9(10)2;1-9-5-8(13)12(2)11-7(9)3-4-10-6-9;1-7-4-5-10(3)6-9(7,2)8(11)12;2*1-4-9(2)7-10(3)6-5-8(9)11;1-8-5-6-10(4)7-9(8,2)3;2*1-8(2)6-9(3)5-4-7(8)10;;;;;;;;;;/h4-7H2,1-3H3;8H,4-7H2,1-3H3,(H,12,13);9H,5-8H2,1-4H3;10H,3-6H2,1-2H3;7H,4-6H2,1-3H3,(H,11,12);8,11H,4-7H2,1-3H3;4-7H2,1-3H3;8H,5-7H2,1-4H3;7,10H,4-6H2,1-3H3;4-6H2,1-3H3;10*1H4. The minimum atomic E-state index is -0.676. The van der Waals surface area contributed by atoms with E-state index in [1.165, 1.54) is 66.9 Å². The van der Waals surface area contributed by atoms with E-state index in [0.29, 0.717) is 54.1 Å². The zero-order chi connectivity index (χ0) is 88.0. The summed E-state index contributed by atoms with van der Waals surface area (Å²) in [6.07, 6.45) is 14.7. The quantitative estimate of drug-likeness (QED) is 0.166. The molecule has 750 valence electrons. The molecule has 5 N–H and O–H groups in total. The van der Waals surface area contributed by atoms with Gasteiger partial charge >= 0.3 is 11.9 Å². The van der Waals surface area contributed by atoms with Gasteiger partial charge in [0.15, 0.2) is 0 Å². The first-order chi connectivity index (χ1) is 52.8. The van der Waals surface area contributed by atoms with Gasteiger partial charge in [0.25, 0.3) is 0 Å². The second kappa shape index (κ2) is 58.9. The largest absolute Gasteiger partial charge is 0.481 e. The average Bonchev–Trinajstić information content (AvgIpc) is 0.796. The molecule has 0 bridgehead atoms. The van der Waals surface area contributed by atoms with E-state index >= 15 is 0 Å². The van der Waals surface area contributed by atoms with Crippen molar-refractivity contribution in [3.63, 3.8) is 0 Å². The molecule has 10 fully saturated rings. The molecule has 12 rings (SSSR count). The van der Waals surface area contributed by atoms with Gasteiger partial charge in [-0.05, 0) is 194 Å². The van der Waals surface area contributed by atoms with Crippen LogP contribution in [0.25, 0.3) is 0 Å². The lowest BCUT2D eigenvalue weighted by atomic mass is 9.71. The van der Waals surface area contributed by atoms with Gasteiger partial charge in [0, 0.05) is 201 Å². The number of carboxylic acids is 2. The molecule has 0 spiro atoms. The van der Waals surface area contributed by atoms with Crippen molar-refractivity contribution in [2.75, 3.05) is 208 Å². The fourth-order valence-electron chi connectivity index (χ4n) is 18.8. The summed E-state index contributed by atoms with van der Waals surface area (Å²) in [5.74, 6) is 2.36. The van der Waals surface area contributed by atoms with Crippen molar-refractivity contribution in [2.24, 2.45) is 88.0 Å². The molecule has 0 aromatic rings. The maximum absolute atomic E-state index is 11.6. The van der Waals surface area contributed by atoms with Crippen LogP contribution < -0.4 is 5.32 Å². The smallest absolute Gasteiger partial charge is 0.310 e. The first-order valence-corrected chi connectivity index (χ1v) is 44.3. The number of aliphatic hydroxyl groups is 2. The van der Waals surface area contributed by atoms with Gasteiger partial charge in [0.1, 0.15) is 11.6 Å². The van der Waals surface area contributed by atoms with E-state index in [0.717, 1.165) is 174 Å². The van der Waals surface area contributed by atoms with Crippen LogP contribution in [-0.4, -0.2) is 342 Å². The normalized spacial score (nSPS) is 32.6. The molecule has 13 atom stereocenters. The number of amides is 2. The molecule has 125 heavy (non-hydrogen) atoms. The second-order valence-electron chi connectivity index (χ2n) is 42.2. The van der Waals surface area contributed by atoms with E-state index in [4.69, 9.17) is 10.2 Å². The summed E-state index contributed by atoms with van der Waals surface area (Å²) in [6, 6.07) is 0. The van der Waals surface area contributed by atoms with Gasteiger partial charge in [-0.25, -0.2) is 10.0 Å². The number of carboxylic acid groups (broad SMARTS) is 2. The molecule has 24 nitrogen and oxygen atoms in total. The second-order valence-corrected chi connectivity index (χ2v) is 42.2. The number of carbonyl (C=O) groups is 6. The van der Waals surface area contributed by atoms with Crippen LogP contribution in [0.3, 0.4) is 0 Å². The molecule has 12 heterocycles. The zero-order valence-electron chi connectivity index (χ0n) is 79.5. The summed E-state index contributed by atoms with van der Waals surface area (Å²) in [6.45, 7) is 63.9. The monoisotopic (exact) mass is 1790 g/mol. The van der Waals surface area contributed by atoms with Gasteiger partial charge in [-0.15, -0.1) is 0 Å². The molecular formula is C101H216N14O10. The van der Waals surface area contributed by atoms with Crippen LogP contribution in [0.4, 0.5) is 0 Å². The maximum Gasteiger partial charge on any atom is 0.310 e. The predicted octanol–water partition coefficient (Wildman–Crippen LogP) is 18.0. The summed E-state index contributed by atoms with van der Waals surface area (Å²) in [4.78, 5) is 87.9. The number of likely N-dealkylation sites (tertiary alicyclic amines) is 9. The first kappa shape index (κ1) is 137. The highest BCUT2D eigenvalue weighted by molar-refractivity contribution is 5.98. The maximum atomic E-state index is 11.6. The summed E-state index contributed by atoms with van der Waals surface area (Å²) in [5.41, 5.74) is 2.90. The number of hydrogen-bond donors (Lipinski definition) is 5. The fraction of sp³-hybridized carbons (Fsp3) is 0.921. The lowest BCUT2D eigenvalue weighted by molar-refractivity contribution is -0.154. The Morgan fingerprint density at radius 2 is 0.728 bits per heavy atom. The van der Waals surface area contributed by atoms with Gasteiger partial charge in [-0.3, -0.25) is 28.8 Å². The number of hydrogen-bond acceptors (Lipinski definition) is 20. The fourth-order valence-corrected chi connectivity index (χ4v) is 18.8. The lowest BCUT2D eigenvalue weighted by Crippen LogP contribution is -2.51. The number of aliphatic hydroxyl groups excluding tert-OH is 2. The van der Waals surface area contributed by atoms with Crippen molar-refractivity contribution in [1.82, 2.24) is 59.4 Å². The van der Waals surface area contributed by atoms with E-state index < -0.39 is 17.4 Å². The SMILES string of the molecule is C.C.C.C.C.C.C.C.C.C.CC1CCN(C)CC1(C)C.CC1CCN(C)CC1(C)C(=O)O.CC1CCN(C)CC1(C)CC(=O)O.CCC1(C)CN(C)CCC1=O.CCC1(C)CN(C)CCC1C.CCC1(C)CN(C)CCC1O.CN1CCC(=O)C(C)(C)C1.CN1CCC(O)C(C)(C)C1.CN1CCC2=NN(C)C(=O)CC2(C)C1.CN1N=C2CCNCC2(C)CC1=O. The third-order valence-corrected chi connectivity index (χ3v) is 29.4. The molecule has 24 heteroatoms. The number of aliphatic carboxylic acids is 2. The molecule has 0 radical (unpaired) electrons. The Bertz CT molecular complexity index is 3060. The minimum Gasteiger partial charge on any atom is -0.481 e. The van der Waals surface area contributed by atoms with E-state index in [1.807, 2.05) is 34.7 Å². The highest BCUT2D eigenvalue weighted by Crippen LogP contribution is 2.41. The van der Waals surface area contributed by atoms with E-state index in [2.05, 4.69) is 227 Å². The van der Waals surface area contributed by atoms with Gasteiger partial charge in [-0.2, -0.15) is 10.2 Å². The lowest BCUT2D eigenvalue weighted by Gasteiger charge is -2.43. The number of ketones is 2. The topological polar surface area (TPSA) is 256 Å². The number of fused-ring (bicyclic) bond motifs is 2. The van der Waals surface area contributed by atoms with Gasteiger partial charge in [-0.1, -0.05) is 206 Å². The summed E-state index contributed by atoms with van der Waals surface area (Å²) < 4.78 is 0. The molecular weight excluding hydrogens is 1570 g/mol. The van der Waals surface area contributed by atoms with Crippen LogP contribution in [0, 0.1) is 77.8 Å². The number of rotatable bonds is 6. The summed E-state index contributed by atoms with van der Waals surface area (Å²) in [5, 5.41) is 52.1. The van der Waals surface area contributed by atoms with Crippen molar-refractivity contribution < 1.29 is 49.2 Å². The molecule has 12 aliphatic rings. The third-order valence-electron chi connectivity index (χ3n) is 29.4. The zero-order valence-corrected chi connectivity index (χ0v) is 79.5. The first-order valence-electron chi connectivity index (χ1n) is 44.3. The molecule has 0 saturated carbocycles. The Labute approximate surface area is 775 Å². The van der Waals surface area contributed by atoms with Crippen molar-refractivity contribution in [3.05, 3.63) is 0 Å². The van der Waals surface area contributed by atoms with Crippen LogP contribution in [0.15, 0.2) is 10.2 Å². The Hall–Kier alpha value is -3.92. The van der Waals surface area contributed by atoms with E-state index in [-0.39, 0.29) is 142 Å². The molecule has 0 aromatic heterocycles. The van der Waals surface area contributed by atoms with E-state index in [9.17, 15) is 39.0 Å². The van der Waals surface area contributed by atoms with Crippen LogP contribution in [-0.2, 0) is 28.8 Å². The molecule has 0 aromatic carbocycles. The molecule has 13 unspecified atom stereocenters. The third kappa shape index (κ3) is 41.8. The number of nitrogens with one attached hydrogen (secondary N) is 1. The van der Waals surface area contributed by atoms with Crippen molar-refractivity contribution in [3.8, 4) is 0 Å². The van der Waals surface area contributed by atoms with Crippen LogP contribution >= 0.6 is 0 Å². The van der Waals surface area contributed by atoms with E-state index in [1.54, 1.807) is 14.1 Å². The average molecular weight is 1790 g/mol. The minimum absolute atomic E-state index is 0. The molecule has 2 amide bonds. The molecule has 0 aliphatic carbocycles. The number of nitrogens with zero attached hydrogens (tertiary/aromatic N) is 13. The number of hydrazone groups is 2.